The van der Waals surface area contributed by atoms with Crippen molar-refractivity contribution >= 4 is 5.91 Å². The third-order valence-electron chi connectivity index (χ3n) is 4.08. The van der Waals surface area contributed by atoms with E-state index in [1.165, 1.54) is 6.26 Å². The number of methoxy groups -OCH3 is 1. The van der Waals surface area contributed by atoms with Crippen LogP contribution in [-0.2, 0) is 13.2 Å². The molecule has 7 heteroatoms. The predicted molar refractivity (Wildman–Crippen MR) is 98.6 cm³/mol. The molecule has 140 valence electrons. The number of oxazole rings is 1. The minimum atomic E-state index is -0.217. The Bertz CT molecular complexity index is 906. The number of carbonyl (C=O) groups is 1. The molecule has 1 amide bonds. The van der Waals surface area contributed by atoms with E-state index < -0.39 is 0 Å². The Kier molecular flexibility index (Phi) is 5.71. The van der Waals surface area contributed by atoms with Crippen molar-refractivity contribution in [3.8, 4) is 11.5 Å². The second-order valence-corrected chi connectivity index (χ2v) is 6.05. The van der Waals surface area contributed by atoms with E-state index in [0.717, 1.165) is 16.9 Å². The van der Waals surface area contributed by atoms with Gasteiger partial charge in [-0.1, -0.05) is 0 Å². The van der Waals surface area contributed by atoms with Gasteiger partial charge in [-0.25, -0.2) is 4.98 Å². The highest BCUT2D eigenvalue weighted by atomic mass is 16.5. The van der Waals surface area contributed by atoms with Crippen molar-refractivity contribution in [3.63, 3.8) is 0 Å². The second kappa shape index (κ2) is 8.35. The van der Waals surface area contributed by atoms with Gasteiger partial charge in [0.2, 0.25) is 5.89 Å². The van der Waals surface area contributed by atoms with Crippen LogP contribution < -0.4 is 9.47 Å². The number of benzene rings is 1. The molecule has 3 aromatic rings. The van der Waals surface area contributed by atoms with Crippen molar-refractivity contribution in [2.24, 2.45) is 0 Å². The molecule has 2 aromatic heterocycles. The van der Waals surface area contributed by atoms with Gasteiger partial charge in [-0.3, -0.25) is 9.78 Å². The van der Waals surface area contributed by atoms with Gasteiger partial charge < -0.3 is 18.8 Å². The first-order valence-electron chi connectivity index (χ1n) is 8.43. The van der Waals surface area contributed by atoms with Gasteiger partial charge in [0.25, 0.3) is 5.91 Å². The SMILES string of the molecule is COc1ccc(OCc2nc(C(=O)N(C)Cc3ccncc3C)co2)cc1. The zero-order valence-electron chi connectivity index (χ0n) is 15.5. The minimum absolute atomic E-state index is 0.132. The van der Waals surface area contributed by atoms with Crippen LogP contribution in [0.25, 0.3) is 0 Å². The zero-order chi connectivity index (χ0) is 19.2. The zero-order valence-corrected chi connectivity index (χ0v) is 15.5. The quantitative estimate of drug-likeness (QED) is 0.638. The van der Waals surface area contributed by atoms with E-state index in [9.17, 15) is 4.79 Å². The molecule has 0 radical (unpaired) electrons. The molecule has 0 saturated heterocycles. The number of hydrogen-bond acceptors (Lipinski definition) is 6. The monoisotopic (exact) mass is 367 g/mol. The van der Waals surface area contributed by atoms with Crippen LogP contribution in [0, 0.1) is 6.92 Å². The number of rotatable bonds is 7. The first-order chi connectivity index (χ1) is 13.1. The molecule has 0 atom stereocenters. The van der Waals surface area contributed by atoms with Crippen LogP contribution in [0.15, 0.2) is 53.4 Å². The smallest absolute Gasteiger partial charge is 0.275 e. The molecule has 0 saturated carbocycles. The Hall–Kier alpha value is -3.35. The maximum atomic E-state index is 12.6. The molecule has 0 spiro atoms. The van der Waals surface area contributed by atoms with Crippen LogP contribution in [-0.4, -0.2) is 34.9 Å². The van der Waals surface area contributed by atoms with Crippen LogP contribution >= 0.6 is 0 Å². The van der Waals surface area contributed by atoms with E-state index in [1.54, 1.807) is 55.7 Å². The summed E-state index contributed by atoms with van der Waals surface area (Å²) < 4.78 is 16.1. The van der Waals surface area contributed by atoms with E-state index in [-0.39, 0.29) is 18.2 Å². The first kappa shape index (κ1) is 18.4. The van der Waals surface area contributed by atoms with E-state index in [4.69, 9.17) is 13.9 Å². The molecule has 0 aliphatic rings. The Morgan fingerprint density at radius 3 is 2.63 bits per heavy atom. The standard InChI is InChI=1S/C20H21N3O4/c1-14-10-21-9-8-15(14)11-23(2)20(24)18-12-27-19(22-18)13-26-17-6-4-16(25-3)5-7-17/h4-10,12H,11,13H2,1-3H3. The van der Waals surface area contributed by atoms with Crippen LogP contribution in [0.4, 0.5) is 0 Å². The van der Waals surface area contributed by atoms with E-state index in [0.29, 0.717) is 18.2 Å². The summed E-state index contributed by atoms with van der Waals surface area (Å²) in [6.07, 6.45) is 4.84. The van der Waals surface area contributed by atoms with Crippen molar-refractivity contribution in [3.05, 3.63) is 71.7 Å². The topological polar surface area (TPSA) is 77.7 Å². The number of nitrogens with zero attached hydrogens (tertiary/aromatic N) is 3. The molecule has 0 N–H and O–H groups in total. The fourth-order valence-electron chi connectivity index (χ4n) is 2.49. The average molecular weight is 367 g/mol. The first-order valence-corrected chi connectivity index (χ1v) is 8.43. The Balaban J connectivity index is 1.58. The van der Waals surface area contributed by atoms with Crippen LogP contribution in [0.3, 0.4) is 0 Å². The number of aromatic nitrogens is 2. The molecule has 7 nitrogen and oxygen atoms in total. The van der Waals surface area contributed by atoms with Gasteiger partial charge in [0.1, 0.15) is 17.8 Å². The van der Waals surface area contributed by atoms with E-state index in [1.807, 2.05) is 13.0 Å². The second-order valence-electron chi connectivity index (χ2n) is 6.05. The molecule has 27 heavy (non-hydrogen) atoms. The van der Waals surface area contributed by atoms with Crippen LogP contribution in [0.2, 0.25) is 0 Å². The lowest BCUT2D eigenvalue weighted by Gasteiger charge is -2.16. The van der Waals surface area contributed by atoms with Crippen molar-refractivity contribution in [2.45, 2.75) is 20.1 Å². The van der Waals surface area contributed by atoms with Gasteiger partial charge >= 0.3 is 0 Å². The minimum Gasteiger partial charge on any atom is -0.497 e. The Morgan fingerprint density at radius 1 is 1.19 bits per heavy atom. The third kappa shape index (κ3) is 4.63. The molecule has 0 bridgehead atoms. The highest BCUT2D eigenvalue weighted by molar-refractivity contribution is 5.91. The molecule has 3 rings (SSSR count). The number of aryl methyl sites for hydroxylation is 1. The molecule has 2 heterocycles. The normalized spacial score (nSPS) is 10.5. The van der Waals surface area contributed by atoms with Gasteiger partial charge in [0.15, 0.2) is 12.3 Å². The van der Waals surface area contributed by atoms with Crippen molar-refractivity contribution < 1.29 is 18.7 Å². The number of ether oxygens (including phenoxy) is 2. The van der Waals surface area contributed by atoms with E-state index >= 15 is 0 Å². The summed E-state index contributed by atoms with van der Waals surface area (Å²) in [7, 11) is 3.33. The molecular weight excluding hydrogens is 346 g/mol. The maximum absolute atomic E-state index is 12.6. The average Bonchev–Trinajstić information content (AvgIpc) is 3.17. The molecular formula is C20H21N3O4. The lowest BCUT2D eigenvalue weighted by atomic mass is 10.1. The fourth-order valence-corrected chi connectivity index (χ4v) is 2.49. The summed E-state index contributed by atoms with van der Waals surface area (Å²) >= 11 is 0. The summed E-state index contributed by atoms with van der Waals surface area (Å²) in [6.45, 7) is 2.57. The largest absolute Gasteiger partial charge is 0.497 e. The number of hydrogen-bond donors (Lipinski definition) is 0. The van der Waals surface area contributed by atoms with Gasteiger partial charge in [-0.2, -0.15) is 0 Å². The summed E-state index contributed by atoms with van der Waals surface area (Å²) in [5, 5.41) is 0. The lowest BCUT2D eigenvalue weighted by Crippen LogP contribution is -2.26. The number of amides is 1. The highest BCUT2D eigenvalue weighted by Gasteiger charge is 2.17. The summed E-state index contributed by atoms with van der Waals surface area (Å²) in [6, 6.07) is 9.08. The fraction of sp³-hybridized carbons (Fsp3) is 0.250. The van der Waals surface area contributed by atoms with Gasteiger partial charge in [-0.05, 0) is 48.4 Å². The van der Waals surface area contributed by atoms with Crippen LogP contribution in [0.5, 0.6) is 11.5 Å². The highest BCUT2D eigenvalue weighted by Crippen LogP contribution is 2.18. The summed E-state index contributed by atoms with van der Waals surface area (Å²) in [4.78, 5) is 22.4. The maximum Gasteiger partial charge on any atom is 0.275 e. The molecule has 0 aliphatic carbocycles. The van der Waals surface area contributed by atoms with E-state index in [2.05, 4.69) is 9.97 Å². The van der Waals surface area contributed by atoms with Gasteiger partial charge in [0, 0.05) is 26.0 Å². The van der Waals surface area contributed by atoms with Gasteiger partial charge in [0.05, 0.1) is 7.11 Å². The summed E-state index contributed by atoms with van der Waals surface area (Å²) in [5.41, 5.74) is 2.32. The Morgan fingerprint density at radius 2 is 1.93 bits per heavy atom. The third-order valence-corrected chi connectivity index (χ3v) is 4.08. The molecule has 1 aromatic carbocycles. The number of pyridine rings is 1. The molecule has 0 fully saturated rings. The van der Waals surface area contributed by atoms with Crippen molar-refractivity contribution in [1.82, 2.24) is 14.9 Å². The predicted octanol–water partition coefficient (Wildman–Crippen LogP) is 3.24. The molecule has 0 aliphatic heterocycles. The van der Waals surface area contributed by atoms with Crippen LogP contribution in [0.1, 0.15) is 27.5 Å². The Labute approximate surface area is 157 Å². The van der Waals surface area contributed by atoms with Crippen molar-refractivity contribution in [2.75, 3.05) is 14.2 Å². The van der Waals surface area contributed by atoms with Crippen molar-refractivity contribution in [1.29, 1.82) is 0 Å². The lowest BCUT2D eigenvalue weighted by molar-refractivity contribution is 0.0779. The number of carbonyl (C=O) groups excluding carboxylic acids is 1. The van der Waals surface area contributed by atoms with Gasteiger partial charge in [-0.15, -0.1) is 0 Å². The summed E-state index contributed by atoms with van der Waals surface area (Å²) in [5.74, 6) is 1.53. The molecule has 0 unspecified atom stereocenters.